The fourth-order valence-electron chi connectivity index (χ4n) is 4.53. The van der Waals surface area contributed by atoms with Crippen LogP contribution in [0.2, 0.25) is 0 Å². The van der Waals surface area contributed by atoms with Gasteiger partial charge in [0.25, 0.3) is 0 Å². The van der Waals surface area contributed by atoms with Gasteiger partial charge in [-0.2, -0.15) is 0 Å². The highest BCUT2D eigenvalue weighted by molar-refractivity contribution is 5.79. The predicted molar refractivity (Wildman–Crippen MR) is 100 cm³/mol. The van der Waals surface area contributed by atoms with Crippen LogP contribution < -0.4 is 15.8 Å². The standard InChI is InChI=1S/C21H32N2O2/c1-13(2)25-19-9-7-15(8-10-19)14(3)23-21(24)18-11-16-5-4-6-17(12-18)20(16)22/h7-10,13-14,16-18,20H,4-6,11-12,22H2,1-3H3,(H,23,24). The molecule has 25 heavy (non-hydrogen) atoms. The molecule has 3 rings (SSSR count). The number of nitrogens with two attached hydrogens (primary N) is 1. The monoisotopic (exact) mass is 344 g/mol. The van der Waals surface area contributed by atoms with Crippen molar-refractivity contribution in [2.75, 3.05) is 0 Å². The Labute approximate surface area is 151 Å². The minimum atomic E-state index is 0.0102. The number of nitrogens with one attached hydrogen (secondary N) is 1. The third kappa shape index (κ3) is 4.35. The van der Waals surface area contributed by atoms with E-state index in [1.807, 2.05) is 45.0 Å². The first-order valence-corrected chi connectivity index (χ1v) is 9.76. The Balaban J connectivity index is 1.57. The molecule has 138 valence electrons. The summed E-state index contributed by atoms with van der Waals surface area (Å²) in [4.78, 5) is 12.8. The van der Waals surface area contributed by atoms with Gasteiger partial charge in [0.15, 0.2) is 0 Å². The molecule has 2 fully saturated rings. The lowest BCUT2D eigenvalue weighted by molar-refractivity contribution is -0.128. The van der Waals surface area contributed by atoms with Gasteiger partial charge in [0.2, 0.25) is 5.91 Å². The normalized spacial score (nSPS) is 30.0. The van der Waals surface area contributed by atoms with Crippen LogP contribution in [-0.2, 0) is 4.79 Å². The number of benzene rings is 1. The van der Waals surface area contributed by atoms with Gasteiger partial charge >= 0.3 is 0 Å². The van der Waals surface area contributed by atoms with Crippen molar-refractivity contribution in [2.45, 2.75) is 71.1 Å². The summed E-state index contributed by atoms with van der Waals surface area (Å²) >= 11 is 0. The maximum Gasteiger partial charge on any atom is 0.223 e. The zero-order chi connectivity index (χ0) is 18.0. The summed E-state index contributed by atoms with van der Waals surface area (Å²) in [6.07, 6.45) is 5.73. The molecule has 0 spiro atoms. The van der Waals surface area contributed by atoms with Gasteiger partial charge in [-0.25, -0.2) is 0 Å². The van der Waals surface area contributed by atoms with Crippen molar-refractivity contribution in [1.29, 1.82) is 0 Å². The van der Waals surface area contributed by atoms with Crippen LogP contribution in [0.15, 0.2) is 24.3 Å². The Morgan fingerprint density at radius 2 is 1.72 bits per heavy atom. The Morgan fingerprint density at radius 1 is 1.12 bits per heavy atom. The molecule has 3 atom stereocenters. The molecule has 1 amide bonds. The smallest absolute Gasteiger partial charge is 0.223 e. The molecule has 1 aromatic rings. The van der Waals surface area contributed by atoms with Gasteiger partial charge in [-0.1, -0.05) is 18.6 Å². The third-order valence-corrected chi connectivity index (χ3v) is 5.89. The van der Waals surface area contributed by atoms with Gasteiger partial charge in [-0.15, -0.1) is 0 Å². The number of ether oxygens (including phenoxy) is 1. The maximum atomic E-state index is 12.8. The van der Waals surface area contributed by atoms with Gasteiger partial charge in [-0.3, -0.25) is 4.79 Å². The van der Waals surface area contributed by atoms with Gasteiger partial charge in [0.1, 0.15) is 5.75 Å². The van der Waals surface area contributed by atoms with Crippen molar-refractivity contribution in [1.82, 2.24) is 5.32 Å². The molecule has 0 heterocycles. The Hall–Kier alpha value is -1.55. The number of hydrogen-bond acceptors (Lipinski definition) is 3. The summed E-state index contributed by atoms with van der Waals surface area (Å²) in [5.41, 5.74) is 7.45. The lowest BCUT2D eigenvalue weighted by atomic mass is 9.65. The summed E-state index contributed by atoms with van der Waals surface area (Å²) in [6, 6.07) is 8.34. The summed E-state index contributed by atoms with van der Waals surface area (Å²) in [5, 5.41) is 3.21. The lowest BCUT2D eigenvalue weighted by Crippen LogP contribution is -2.49. The molecule has 2 aliphatic carbocycles. The zero-order valence-corrected chi connectivity index (χ0v) is 15.7. The first kappa shape index (κ1) is 18.2. The van der Waals surface area contributed by atoms with Crippen molar-refractivity contribution in [3.8, 4) is 5.75 Å². The Bertz CT molecular complexity index is 570. The van der Waals surface area contributed by atoms with Gasteiger partial charge in [0, 0.05) is 12.0 Å². The lowest BCUT2D eigenvalue weighted by Gasteiger charge is -2.43. The predicted octanol–water partition coefficient (Wildman–Crippen LogP) is 3.80. The Morgan fingerprint density at radius 3 is 2.28 bits per heavy atom. The van der Waals surface area contributed by atoms with E-state index >= 15 is 0 Å². The quantitative estimate of drug-likeness (QED) is 0.854. The first-order valence-electron chi connectivity index (χ1n) is 9.76. The number of fused-ring (bicyclic) bond motifs is 2. The molecule has 3 N–H and O–H groups in total. The average molecular weight is 344 g/mol. The number of hydrogen-bond donors (Lipinski definition) is 2. The molecule has 4 nitrogen and oxygen atoms in total. The minimum absolute atomic E-state index is 0.0102. The number of carbonyl (C=O) groups excluding carboxylic acids is 1. The van der Waals surface area contributed by atoms with E-state index in [1.54, 1.807) is 0 Å². The van der Waals surface area contributed by atoms with Crippen LogP contribution in [0.1, 0.15) is 64.5 Å². The summed E-state index contributed by atoms with van der Waals surface area (Å²) in [7, 11) is 0. The molecule has 0 aromatic heterocycles. The van der Waals surface area contributed by atoms with Crippen molar-refractivity contribution in [3.63, 3.8) is 0 Å². The fraction of sp³-hybridized carbons (Fsp3) is 0.667. The van der Waals surface area contributed by atoms with Crippen LogP contribution in [0, 0.1) is 17.8 Å². The second kappa shape index (κ2) is 7.77. The summed E-state index contributed by atoms with van der Waals surface area (Å²) < 4.78 is 5.68. The molecular weight excluding hydrogens is 312 g/mol. The van der Waals surface area contributed by atoms with Crippen molar-refractivity contribution < 1.29 is 9.53 Å². The van der Waals surface area contributed by atoms with E-state index < -0.39 is 0 Å². The number of carbonyl (C=O) groups is 1. The first-order chi connectivity index (χ1) is 11.9. The highest BCUT2D eigenvalue weighted by Crippen LogP contribution is 2.42. The van der Waals surface area contributed by atoms with Crippen molar-refractivity contribution >= 4 is 5.91 Å². The molecule has 2 aliphatic rings. The van der Waals surface area contributed by atoms with Gasteiger partial charge in [0.05, 0.1) is 12.1 Å². The SMILES string of the molecule is CC(C)Oc1ccc(C(C)NC(=O)C2CC3CCCC(C2)C3N)cc1. The molecule has 2 bridgehead atoms. The second-order valence-corrected chi connectivity index (χ2v) is 8.16. The molecular formula is C21H32N2O2. The van der Waals surface area contributed by atoms with Crippen molar-refractivity contribution in [3.05, 3.63) is 29.8 Å². The van der Waals surface area contributed by atoms with Crippen LogP contribution in [0.5, 0.6) is 5.75 Å². The molecule has 2 saturated carbocycles. The second-order valence-electron chi connectivity index (χ2n) is 8.16. The highest BCUT2D eigenvalue weighted by atomic mass is 16.5. The molecule has 1 aromatic carbocycles. The molecule has 0 aliphatic heterocycles. The van der Waals surface area contributed by atoms with E-state index in [4.69, 9.17) is 10.5 Å². The highest BCUT2D eigenvalue weighted by Gasteiger charge is 2.40. The van der Waals surface area contributed by atoms with E-state index in [-0.39, 0.29) is 24.0 Å². The Kier molecular flexibility index (Phi) is 5.67. The largest absolute Gasteiger partial charge is 0.491 e. The number of rotatable bonds is 5. The van der Waals surface area contributed by atoms with Crippen LogP contribution >= 0.6 is 0 Å². The van der Waals surface area contributed by atoms with Crippen LogP contribution in [0.25, 0.3) is 0 Å². The topological polar surface area (TPSA) is 64.3 Å². The van der Waals surface area contributed by atoms with Crippen molar-refractivity contribution in [2.24, 2.45) is 23.5 Å². The number of amides is 1. The molecule has 4 heteroatoms. The van der Waals surface area contributed by atoms with E-state index in [2.05, 4.69) is 5.32 Å². The van der Waals surface area contributed by atoms with E-state index in [0.717, 1.165) is 24.2 Å². The van der Waals surface area contributed by atoms with E-state index in [0.29, 0.717) is 17.9 Å². The molecule has 0 radical (unpaired) electrons. The summed E-state index contributed by atoms with van der Waals surface area (Å²) in [5.74, 6) is 2.25. The fourth-order valence-corrected chi connectivity index (χ4v) is 4.53. The minimum Gasteiger partial charge on any atom is -0.491 e. The maximum absolute atomic E-state index is 12.8. The van der Waals surface area contributed by atoms with Crippen LogP contribution in [-0.4, -0.2) is 18.1 Å². The third-order valence-electron chi connectivity index (χ3n) is 5.89. The van der Waals surface area contributed by atoms with Crippen LogP contribution in [0.4, 0.5) is 0 Å². The summed E-state index contributed by atoms with van der Waals surface area (Å²) in [6.45, 7) is 6.08. The van der Waals surface area contributed by atoms with E-state index in [9.17, 15) is 4.79 Å². The molecule has 0 saturated heterocycles. The van der Waals surface area contributed by atoms with Gasteiger partial charge in [-0.05, 0) is 76.0 Å². The molecule has 3 unspecified atom stereocenters. The van der Waals surface area contributed by atoms with E-state index in [1.165, 1.54) is 19.3 Å². The van der Waals surface area contributed by atoms with Gasteiger partial charge < -0.3 is 15.8 Å². The average Bonchev–Trinajstić information content (AvgIpc) is 2.54. The zero-order valence-electron chi connectivity index (χ0n) is 15.7. The van der Waals surface area contributed by atoms with Crippen LogP contribution in [0.3, 0.4) is 0 Å².